The summed E-state index contributed by atoms with van der Waals surface area (Å²) in [6.07, 6.45) is -5.81. The standard InChI is InChI=1S/C9H19F3N2O3S.ClH/c1-17-7-6-13-4-5-14-18(15,16)8-2-3-9(10,11)12;/h13-14H,2-8H2,1H3;1H. The van der Waals surface area contributed by atoms with Crippen LogP contribution in [0.25, 0.3) is 0 Å². The van der Waals surface area contributed by atoms with Gasteiger partial charge in [-0.15, -0.1) is 12.4 Å². The number of alkyl halides is 3. The fraction of sp³-hybridized carbons (Fsp3) is 1.00. The lowest BCUT2D eigenvalue weighted by atomic mass is 10.3. The molecule has 0 aromatic rings. The van der Waals surface area contributed by atoms with Crippen molar-refractivity contribution in [2.75, 3.05) is 39.1 Å². The van der Waals surface area contributed by atoms with Gasteiger partial charge in [0.1, 0.15) is 0 Å². The van der Waals surface area contributed by atoms with E-state index in [1.165, 1.54) is 0 Å². The van der Waals surface area contributed by atoms with Crippen LogP contribution in [-0.2, 0) is 14.8 Å². The number of ether oxygens (including phenoxy) is 1. The number of rotatable bonds is 10. The van der Waals surface area contributed by atoms with Crippen LogP contribution in [0.2, 0.25) is 0 Å². The minimum absolute atomic E-state index is 0. The van der Waals surface area contributed by atoms with Crippen LogP contribution < -0.4 is 10.0 Å². The van der Waals surface area contributed by atoms with Gasteiger partial charge in [-0.3, -0.25) is 0 Å². The highest BCUT2D eigenvalue weighted by Crippen LogP contribution is 2.21. The molecule has 118 valence electrons. The topological polar surface area (TPSA) is 67.4 Å². The van der Waals surface area contributed by atoms with E-state index >= 15 is 0 Å². The molecule has 0 radical (unpaired) electrons. The predicted molar refractivity (Wildman–Crippen MR) is 69.1 cm³/mol. The molecule has 0 fully saturated rings. The third-order valence-electron chi connectivity index (χ3n) is 1.98. The quantitative estimate of drug-likeness (QED) is 0.585. The summed E-state index contributed by atoms with van der Waals surface area (Å²) in [6, 6.07) is 0. The maximum Gasteiger partial charge on any atom is 0.389 e. The monoisotopic (exact) mass is 328 g/mol. The lowest BCUT2D eigenvalue weighted by Crippen LogP contribution is -2.34. The van der Waals surface area contributed by atoms with Crippen LogP contribution >= 0.6 is 12.4 Å². The van der Waals surface area contributed by atoms with Gasteiger partial charge in [0.15, 0.2) is 0 Å². The van der Waals surface area contributed by atoms with Crippen molar-refractivity contribution in [2.24, 2.45) is 0 Å². The van der Waals surface area contributed by atoms with E-state index in [0.717, 1.165) is 0 Å². The van der Waals surface area contributed by atoms with Gasteiger partial charge in [0.05, 0.1) is 12.4 Å². The maximum absolute atomic E-state index is 11.8. The summed E-state index contributed by atoms with van der Waals surface area (Å²) in [5, 5.41) is 2.91. The van der Waals surface area contributed by atoms with Gasteiger partial charge < -0.3 is 10.1 Å². The number of sulfonamides is 1. The lowest BCUT2D eigenvalue weighted by molar-refractivity contribution is -0.134. The first-order chi connectivity index (χ1) is 8.27. The molecule has 0 saturated carbocycles. The van der Waals surface area contributed by atoms with Crippen molar-refractivity contribution in [3.63, 3.8) is 0 Å². The van der Waals surface area contributed by atoms with Crippen LogP contribution in [0.4, 0.5) is 13.2 Å². The van der Waals surface area contributed by atoms with Crippen molar-refractivity contribution in [2.45, 2.75) is 19.0 Å². The van der Waals surface area contributed by atoms with Crippen molar-refractivity contribution in [1.29, 1.82) is 0 Å². The molecule has 0 saturated heterocycles. The summed E-state index contributed by atoms with van der Waals surface area (Å²) in [7, 11) is -2.07. The van der Waals surface area contributed by atoms with E-state index in [1.807, 2.05) is 0 Å². The van der Waals surface area contributed by atoms with Crippen molar-refractivity contribution in [1.82, 2.24) is 10.0 Å². The second kappa shape index (κ2) is 10.7. The van der Waals surface area contributed by atoms with E-state index in [2.05, 4.69) is 10.0 Å². The summed E-state index contributed by atoms with van der Waals surface area (Å²) >= 11 is 0. The molecule has 10 heteroatoms. The Kier molecular flexibility index (Phi) is 11.9. The third-order valence-corrected chi connectivity index (χ3v) is 3.45. The van der Waals surface area contributed by atoms with Gasteiger partial charge in [-0.25, -0.2) is 13.1 Å². The Morgan fingerprint density at radius 2 is 1.79 bits per heavy atom. The Labute approximate surface area is 117 Å². The van der Waals surface area contributed by atoms with E-state index in [9.17, 15) is 21.6 Å². The van der Waals surface area contributed by atoms with E-state index in [1.54, 1.807) is 7.11 Å². The van der Waals surface area contributed by atoms with Gasteiger partial charge in [-0.05, 0) is 6.42 Å². The molecule has 5 nitrogen and oxygen atoms in total. The van der Waals surface area contributed by atoms with Crippen molar-refractivity contribution in [3.05, 3.63) is 0 Å². The van der Waals surface area contributed by atoms with Crippen LogP contribution in [0.5, 0.6) is 0 Å². The van der Waals surface area contributed by atoms with Crippen molar-refractivity contribution in [3.8, 4) is 0 Å². The highest BCUT2D eigenvalue weighted by atomic mass is 35.5. The molecule has 0 bridgehead atoms. The summed E-state index contributed by atoms with van der Waals surface area (Å²) < 4.78 is 65.0. The van der Waals surface area contributed by atoms with Gasteiger partial charge >= 0.3 is 6.18 Å². The number of halogens is 4. The summed E-state index contributed by atoms with van der Waals surface area (Å²) in [6.45, 7) is 1.66. The minimum atomic E-state index is -4.31. The largest absolute Gasteiger partial charge is 0.389 e. The Morgan fingerprint density at radius 1 is 1.16 bits per heavy atom. The van der Waals surface area contributed by atoms with E-state index in [-0.39, 0.29) is 19.0 Å². The number of methoxy groups -OCH3 is 1. The molecule has 0 atom stereocenters. The zero-order chi connectivity index (χ0) is 14.1. The smallest absolute Gasteiger partial charge is 0.383 e. The first kappa shape index (κ1) is 21.2. The summed E-state index contributed by atoms with van der Waals surface area (Å²) in [4.78, 5) is 0. The Morgan fingerprint density at radius 3 is 2.32 bits per heavy atom. The van der Waals surface area contributed by atoms with E-state index in [0.29, 0.717) is 19.7 Å². The van der Waals surface area contributed by atoms with Crippen LogP contribution in [0, 0.1) is 0 Å². The Balaban J connectivity index is 0. The molecule has 0 aliphatic heterocycles. The number of hydrogen-bond donors (Lipinski definition) is 2. The molecule has 0 amide bonds. The van der Waals surface area contributed by atoms with Gasteiger partial charge in [-0.1, -0.05) is 0 Å². The molecule has 0 rings (SSSR count). The Bertz CT molecular complexity index is 312. The maximum atomic E-state index is 11.8. The first-order valence-corrected chi connectivity index (χ1v) is 7.16. The molecule has 0 aliphatic rings. The third kappa shape index (κ3) is 15.9. The second-order valence-corrected chi connectivity index (χ2v) is 5.60. The van der Waals surface area contributed by atoms with Crippen molar-refractivity contribution < 1.29 is 26.3 Å². The molecule has 0 aromatic heterocycles. The molecule has 0 unspecified atom stereocenters. The fourth-order valence-corrected chi connectivity index (χ4v) is 2.21. The predicted octanol–water partition coefficient (Wildman–Crippen LogP) is 0.906. The SMILES string of the molecule is COCCNCCNS(=O)(=O)CCCC(F)(F)F.Cl. The highest BCUT2D eigenvalue weighted by molar-refractivity contribution is 7.89. The molecular weight excluding hydrogens is 309 g/mol. The van der Waals surface area contributed by atoms with E-state index in [4.69, 9.17) is 4.74 Å². The lowest BCUT2D eigenvalue weighted by Gasteiger charge is -2.08. The average Bonchev–Trinajstić information content (AvgIpc) is 2.21. The van der Waals surface area contributed by atoms with Crippen LogP contribution in [0.3, 0.4) is 0 Å². The normalized spacial score (nSPS) is 12.2. The van der Waals surface area contributed by atoms with Gasteiger partial charge in [0.2, 0.25) is 10.0 Å². The summed E-state index contributed by atoms with van der Waals surface area (Å²) in [5.41, 5.74) is 0. The minimum Gasteiger partial charge on any atom is -0.383 e. The van der Waals surface area contributed by atoms with Gasteiger partial charge in [-0.2, -0.15) is 13.2 Å². The molecule has 0 spiro atoms. The van der Waals surface area contributed by atoms with Gasteiger partial charge in [0, 0.05) is 33.2 Å². The van der Waals surface area contributed by atoms with Crippen LogP contribution in [0.1, 0.15) is 12.8 Å². The van der Waals surface area contributed by atoms with Crippen molar-refractivity contribution >= 4 is 22.4 Å². The van der Waals surface area contributed by atoms with Crippen LogP contribution in [0.15, 0.2) is 0 Å². The molecule has 0 heterocycles. The summed E-state index contributed by atoms with van der Waals surface area (Å²) in [5.74, 6) is -0.509. The Hall–Kier alpha value is -0.0900. The molecule has 19 heavy (non-hydrogen) atoms. The fourth-order valence-electron chi connectivity index (χ4n) is 1.13. The number of hydrogen-bond acceptors (Lipinski definition) is 4. The van der Waals surface area contributed by atoms with Gasteiger partial charge in [0.25, 0.3) is 0 Å². The molecule has 2 N–H and O–H groups in total. The highest BCUT2D eigenvalue weighted by Gasteiger charge is 2.27. The zero-order valence-electron chi connectivity index (χ0n) is 10.6. The zero-order valence-corrected chi connectivity index (χ0v) is 12.3. The first-order valence-electron chi connectivity index (χ1n) is 5.50. The second-order valence-electron chi connectivity index (χ2n) is 3.67. The molecule has 0 aliphatic carbocycles. The average molecular weight is 329 g/mol. The molecular formula is C9H20ClF3N2O3S. The number of nitrogens with one attached hydrogen (secondary N) is 2. The van der Waals surface area contributed by atoms with Crippen LogP contribution in [-0.4, -0.2) is 53.7 Å². The van der Waals surface area contributed by atoms with E-state index < -0.39 is 34.8 Å². The molecule has 0 aromatic carbocycles.